The molecule has 0 aliphatic carbocycles. The van der Waals surface area contributed by atoms with Gasteiger partial charge in [-0.2, -0.15) is 0 Å². The van der Waals surface area contributed by atoms with Crippen LogP contribution in [0.2, 0.25) is 0 Å². The predicted octanol–water partition coefficient (Wildman–Crippen LogP) is 3.27. The van der Waals surface area contributed by atoms with E-state index in [1.54, 1.807) is 7.11 Å². The van der Waals surface area contributed by atoms with Gasteiger partial charge in [-0.15, -0.1) is 0 Å². The molecule has 0 N–H and O–H groups in total. The molecule has 0 spiro atoms. The lowest BCUT2D eigenvalue weighted by molar-refractivity contribution is 0.0746. The van der Waals surface area contributed by atoms with Crippen LogP contribution in [0.5, 0.6) is 5.75 Å². The van der Waals surface area contributed by atoms with Gasteiger partial charge in [-0.1, -0.05) is 18.2 Å². The summed E-state index contributed by atoms with van der Waals surface area (Å²) in [7, 11) is 1.68. The Kier molecular flexibility index (Phi) is 4.74. The number of carbonyl (C=O) groups excluding carboxylic acids is 1. The van der Waals surface area contributed by atoms with Gasteiger partial charge in [-0.3, -0.25) is 4.79 Å². The molecule has 2 aromatic rings. The molecule has 1 fully saturated rings. The molecular formula is C20H24N2O2. The van der Waals surface area contributed by atoms with E-state index in [-0.39, 0.29) is 5.91 Å². The first-order valence-corrected chi connectivity index (χ1v) is 8.34. The van der Waals surface area contributed by atoms with Gasteiger partial charge in [-0.05, 0) is 43.2 Å². The molecule has 0 unspecified atom stereocenters. The summed E-state index contributed by atoms with van der Waals surface area (Å²) in [6, 6.07) is 14.0. The smallest absolute Gasteiger partial charge is 0.254 e. The Morgan fingerprint density at radius 2 is 1.71 bits per heavy atom. The summed E-state index contributed by atoms with van der Waals surface area (Å²) in [5.41, 5.74) is 4.21. The molecule has 4 heteroatoms. The molecule has 1 aliphatic heterocycles. The van der Waals surface area contributed by atoms with Crippen LogP contribution >= 0.6 is 0 Å². The van der Waals surface area contributed by atoms with E-state index in [2.05, 4.69) is 11.0 Å². The number of hydrogen-bond donors (Lipinski definition) is 0. The van der Waals surface area contributed by atoms with Crippen LogP contribution < -0.4 is 9.64 Å². The van der Waals surface area contributed by atoms with E-state index in [9.17, 15) is 4.79 Å². The molecule has 0 aromatic heterocycles. The SMILES string of the molecule is COc1cccc(N2CCN(C(=O)c3cccc(C)c3C)CC2)c1. The van der Waals surface area contributed by atoms with Gasteiger partial charge in [0.05, 0.1) is 7.11 Å². The van der Waals surface area contributed by atoms with Crippen molar-refractivity contribution in [3.05, 3.63) is 59.2 Å². The first-order chi connectivity index (χ1) is 11.6. The summed E-state index contributed by atoms with van der Waals surface area (Å²) in [5.74, 6) is 1.00. The van der Waals surface area contributed by atoms with Crippen molar-refractivity contribution in [3.8, 4) is 5.75 Å². The monoisotopic (exact) mass is 324 g/mol. The molecule has 126 valence electrons. The number of piperazine rings is 1. The fourth-order valence-corrected chi connectivity index (χ4v) is 3.13. The van der Waals surface area contributed by atoms with E-state index in [0.717, 1.165) is 54.3 Å². The number of carbonyl (C=O) groups is 1. The van der Waals surface area contributed by atoms with Crippen molar-refractivity contribution >= 4 is 11.6 Å². The van der Waals surface area contributed by atoms with E-state index in [0.29, 0.717) is 0 Å². The molecule has 0 bridgehead atoms. The molecule has 24 heavy (non-hydrogen) atoms. The van der Waals surface area contributed by atoms with Crippen LogP contribution in [-0.4, -0.2) is 44.1 Å². The first kappa shape index (κ1) is 16.4. The molecule has 0 atom stereocenters. The Morgan fingerprint density at radius 3 is 2.42 bits per heavy atom. The lowest BCUT2D eigenvalue weighted by atomic mass is 10.0. The van der Waals surface area contributed by atoms with Crippen molar-refractivity contribution in [2.24, 2.45) is 0 Å². The highest BCUT2D eigenvalue weighted by Gasteiger charge is 2.23. The second-order valence-electron chi connectivity index (χ2n) is 6.23. The first-order valence-electron chi connectivity index (χ1n) is 8.34. The molecule has 3 rings (SSSR count). The largest absolute Gasteiger partial charge is 0.497 e. The summed E-state index contributed by atoms with van der Waals surface area (Å²) in [6.07, 6.45) is 0. The van der Waals surface area contributed by atoms with Crippen molar-refractivity contribution < 1.29 is 9.53 Å². The Hall–Kier alpha value is -2.49. The molecule has 2 aromatic carbocycles. The predicted molar refractivity (Wildman–Crippen MR) is 97.0 cm³/mol. The standard InChI is InChI=1S/C20H24N2O2/c1-15-6-4-9-19(16(15)2)20(23)22-12-10-21(11-13-22)17-7-5-8-18(14-17)24-3/h4-9,14H,10-13H2,1-3H3. The normalized spacial score (nSPS) is 14.6. The Bertz CT molecular complexity index is 734. The molecule has 1 saturated heterocycles. The highest BCUT2D eigenvalue weighted by atomic mass is 16.5. The molecule has 0 saturated carbocycles. The van der Waals surface area contributed by atoms with Gasteiger partial charge in [0, 0.05) is 43.5 Å². The second kappa shape index (κ2) is 6.95. The van der Waals surface area contributed by atoms with Gasteiger partial charge < -0.3 is 14.5 Å². The van der Waals surface area contributed by atoms with E-state index in [4.69, 9.17) is 4.74 Å². The fourth-order valence-electron chi connectivity index (χ4n) is 3.13. The highest BCUT2D eigenvalue weighted by Crippen LogP contribution is 2.23. The quantitative estimate of drug-likeness (QED) is 0.869. The van der Waals surface area contributed by atoms with Crippen molar-refractivity contribution in [2.45, 2.75) is 13.8 Å². The van der Waals surface area contributed by atoms with Crippen molar-refractivity contribution in [1.82, 2.24) is 4.90 Å². The van der Waals surface area contributed by atoms with Gasteiger partial charge in [0.25, 0.3) is 5.91 Å². The van der Waals surface area contributed by atoms with Crippen LogP contribution in [0.1, 0.15) is 21.5 Å². The van der Waals surface area contributed by atoms with Gasteiger partial charge in [0.15, 0.2) is 0 Å². The lowest BCUT2D eigenvalue weighted by Crippen LogP contribution is -2.49. The van der Waals surface area contributed by atoms with Gasteiger partial charge in [-0.25, -0.2) is 0 Å². The Morgan fingerprint density at radius 1 is 1.00 bits per heavy atom. The molecule has 1 heterocycles. The van der Waals surface area contributed by atoms with Crippen LogP contribution in [0.25, 0.3) is 0 Å². The molecule has 4 nitrogen and oxygen atoms in total. The number of aryl methyl sites for hydroxylation is 1. The minimum Gasteiger partial charge on any atom is -0.497 e. The van der Waals surface area contributed by atoms with Gasteiger partial charge >= 0.3 is 0 Å². The topological polar surface area (TPSA) is 32.8 Å². The number of hydrogen-bond acceptors (Lipinski definition) is 3. The number of ether oxygens (including phenoxy) is 1. The minimum absolute atomic E-state index is 0.140. The number of benzene rings is 2. The zero-order valence-corrected chi connectivity index (χ0v) is 14.6. The highest BCUT2D eigenvalue weighted by molar-refractivity contribution is 5.96. The van der Waals surface area contributed by atoms with Crippen LogP contribution in [-0.2, 0) is 0 Å². The number of methoxy groups -OCH3 is 1. The second-order valence-corrected chi connectivity index (χ2v) is 6.23. The maximum absolute atomic E-state index is 12.8. The minimum atomic E-state index is 0.140. The third-order valence-electron chi connectivity index (χ3n) is 4.82. The molecular weight excluding hydrogens is 300 g/mol. The van der Waals surface area contributed by atoms with E-state index < -0.39 is 0 Å². The Labute approximate surface area is 143 Å². The van der Waals surface area contributed by atoms with Crippen molar-refractivity contribution in [2.75, 3.05) is 38.2 Å². The number of anilines is 1. The number of nitrogens with zero attached hydrogens (tertiary/aromatic N) is 2. The summed E-state index contributed by atoms with van der Waals surface area (Å²) < 4.78 is 5.30. The van der Waals surface area contributed by atoms with Gasteiger partial charge in [0.2, 0.25) is 0 Å². The summed E-state index contributed by atoms with van der Waals surface area (Å²) >= 11 is 0. The van der Waals surface area contributed by atoms with E-state index in [1.165, 1.54) is 0 Å². The number of rotatable bonds is 3. The molecule has 0 radical (unpaired) electrons. The third-order valence-corrected chi connectivity index (χ3v) is 4.82. The Balaban J connectivity index is 1.68. The average Bonchev–Trinajstić information content (AvgIpc) is 2.63. The zero-order chi connectivity index (χ0) is 17.1. The van der Waals surface area contributed by atoms with Gasteiger partial charge in [0.1, 0.15) is 5.75 Å². The fraction of sp³-hybridized carbons (Fsp3) is 0.350. The maximum Gasteiger partial charge on any atom is 0.254 e. The van der Waals surface area contributed by atoms with E-state index in [1.807, 2.05) is 55.1 Å². The summed E-state index contributed by atoms with van der Waals surface area (Å²) in [6.45, 7) is 7.22. The van der Waals surface area contributed by atoms with Crippen LogP contribution in [0.15, 0.2) is 42.5 Å². The molecule has 1 aliphatic rings. The number of amides is 1. The zero-order valence-electron chi connectivity index (χ0n) is 14.6. The maximum atomic E-state index is 12.8. The average molecular weight is 324 g/mol. The van der Waals surface area contributed by atoms with E-state index >= 15 is 0 Å². The van der Waals surface area contributed by atoms with Crippen LogP contribution in [0, 0.1) is 13.8 Å². The third kappa shape index (κ3) is 3.23. The lowest BCUT2D eigenvalue weighted by Gasteiger charge is -2.36. The van der Waals surface area contributed by atoms with Crippen LogP contribution in [0.3, 0.4) is 0 Å². The van der Waals surface area contributed by atoms with Crippen LogP contribution in [0.4, 0.5) is 5.69 Å². The van der Waals surface area contributed by atoms with Crippen molar-refractivity contribution in [3.63, 3.8) is 0 Å². The summed E-state index contributed by atoms with van der Waals surface area (Å²) in [5, 5.41) is 0. The molecule has 1 amide bonds. The summed E-state index contributed by atoms with van der Waals surface area (Å²) in [4.78, 5) is 17.1. The van der Waals surface area contributed by atoms with Crippen molar-refractivity contribution in [1.29, 1.82) is 0 Å².